The average Bonchev–Trinajstić information content (AvgIpc) is 2.23. The molecule has 14 heavy (non-hydrogen) atoms. The first kappa shape index (κ1) is 10.0. The van der Waals surface area contributed by atoms with Gasteiger partial charge in [-0.25, -0.2) is 4.98 Å². The molecular weight excluding hydrogens is 221 g/mol. The summed E-state index contributed by atoms with van der Waals surface area (Å²) in [7, 11) is 0. The number of rotatable bonds is 1. The summed E-state index contributed by atoms with van der Waals surface area (Å²) in [6.07, 6.45) is 1.60. The van der Waals surface area contributed by atoms with Crippen molar-refractivity contribution in [2.75, 3.05) is 31.1 Å². The molecule has 1 aliphatic heterocycles. The highest BCUT2D eigenvalue weighted by Crippen LogP contribution is 2.24. The molecule has 1 aliphatic rings. The third-order valence-corrected chi connectivity index (χ3v) is 2.95. The first-order valence-electron chi connectivity index (χ1n) is 4.54. The second-order valence-corrected chi connectivity index (χ2v) is 4.01. The highest BCUT2D eigenvalue weighted by atomic mass is 35.5. The molecule has 0 spiro atoms. The third kappa shape index (κ3) is 2.11. The molecule has 1 fully saturated rings. The van der Waals surface area contributed by atoms with Crippen molar-refractivity contribution in [3.63, 3.8) is 0 Å². The summed E-state index contributed by atoms with van der Waals surface area (Å²) in [6.45, 7) is 3.90. The van der Waals surface area contributed by atoms with Gasteiger partial charge in [-0.1, -0.05) is 23.2 Å². The number of anilines is 1. The summed E-state index contributed by atoms with van der Waals surface area (Å²) in [4.78, 5) is 6.44. The van der Waals surface area contributed by atoms with Gasteiger partial charge in [0.05, 0.1) is 10.0 Å². The molecule has 3 nitrogen and oxygen atoms in total. The van der Waals surface area contributed by atoms with Gasteiger partial charge >= 0.3 is 0 Å². The Labute approximate surface area is 93.0 Å². The van der Waals surface area contributed by atoms with E-state index in [2.05, 4.69) is 15.2 Å². The lowest BCUT2D eigenvalue weighted by atomic mass is 10.3. The maximum Gasteiger partial charge on any atom is 0.130 e. The van der Waals surface area contributed by atoms with Crippen molar-refractivity contribution in [1.29, 1.82) is 0 Å². The van der Waals surface area contributed by atoms with Crippen LogP contribution in [0.25, 0.3) is 0 Å². The Hall–Kier alpha value is -0.510. The molecule has 0 aromatic carbocycles. The van der Waals surface area contributed by atoms with Gasteiger partial charge in [0.15, 0.2) is 0 Å². The first-order chi connectivity index (χ1) is 6.77. The van der Waals surface area contributed by atoms with Crippen LogP contribution >= 0.6 is 23.2 Å². The van der Waals surface area contributed by atoms with Crippen molar-refractivity contribution in [1.82, 2.24) is 10.3 Å². The minimum atomic E-state index is 0.505. The van der Waals surface area contributed by atoms with Crippen LogP contribution in [0.2, 0.25) is 10.0 Å². The predicted octanol–water partition coefficient (Wildman–Crippen LogP) is 1.80. The van der Waals surface area contributed by atoms with E-state index >= 15 is 0 Å². The Morgan fingerprint density at radius 1 is 1.21 bits per heavy atom. The Balaban J connectivity index is 2.18. The summed E-state index contributed by atoms with van der Waals surface area (Å²) in [5.41, 5.74) is 0. The lowest BCUT2D eigenvalue weighted by Gasteiger charge is -2.28. The number of nitrogens with one attached hydrogen (secondary N) is 1. The van der Waals surface area contributed by atoms with E-state index in [9.17, 15) is 0 Å². The van der Waals surface area contributed by atoms with Crippen LogP contribution in [-0.2, 0) is 0 Å². The highest BCUT2D eigenvalue weighted by Gasteiger charge is 2.12. The van der Waals surface area contributed by atoms with Gasteiger partial charge in [0, 0.05) is 38.4 Å². The van der Waals surface area contributed by atoms with Gasteiger partial charge in [0.1, 0.15) is 5.82 Å². The smallest absolute Gasteiger partial charge is 0.130 e. The third-order valence-electron chi connectivity index (χ3n) is 2.24. The van der Waals surface area contributed by atoms with Crippen molar-refractivity contribution >= 4 is 29.0 Å². The zero-order valence-electron chi connectivity index (χ0n) is 7.63. The Kier molecular flexibility index (Phi) is 3.11. The molecule has 2 heterocycles. The van der Waals surface area contributed by atoms with Gasteiger partial charge in [-0.05, 0) is 0 Å². The van der Waals surface area contributed by atoms with Crippen molar-refractivity contribution in [3.8, 4) is 0 Å². The Bertz CT molecular complexity index is 324. The standard InChI is InChI=1S/C9H11Cl2N3/c10-7-5-9(13-6-8(7)11)14-3-1-12-2-4-14/h5-6,12H,1-4H2. The maximum absolute atomic E-state index is 5.92. The Morgan fingerprint density at radius 3 is 2.57 bits per heavy atom. The second-order valence-electron chi connectivity index (χ2n) is 3.19. The van der Waals surface area contributed by atoms with Crippen LogP contribution in [0.1, 0.15) is 0 Å². The summed E-state index contributed by atoms with van der Waals surface area (Å²) in [6, 6.07) is 1.81. The zero-order chi connectivity index (χ0) is 9.97. The van der Waals surface area contributed by atoms with E-state index in [1.54, 1.807) is 6.20 Å². The van der Waals surface area contributed by atoms with Crippen LogP contribution in [0.3, 0.4) is 0 Å². The fourth-order valence-corrected chi connectivity index (χ4v) is 1.72. The van der Waals surface area contributed by atoms with Gasteiger partial charge in [-0.2, -0.15) is 0 Å². The molecule has 5 heteroatoms. The summed E-state index contributed by atoms with van der Waals surface area (Å²) in [5, 5.41) is 4.35. The predicted molar refractivity (Wildman–Crippen MR) is 59.3 cm³/mol. The molecule has 2 rings (SSSR count). The number of halogens is 2. The number of hydrogen-bond donors (Lipinski definition) is 1. The minimum absolute atomic E-state index is 0.505. The fraction of sp³-hybridized carbons (Fsp3) is 0.444. The molecule has 0 atom stereocenters. The van der Waals surface area contributed by atoms with Crippen LogP contribution in [-0.4, -0.2) is 31.2 Å². The van der Waals surface area contributed by atoms with Crippen LogP contribution < -0.4 is 10.2 Å². The topological polar surface area (TPSA) is 28.2 Å². The number of hydrogen-bond acceptors (Lipinski definition) is 3. The van der Waals surface area contributed by atoms with Crippen LogP contribution in [0.5, 0.6) is 0 Å². The molecule has 1 saturated heterocycles. The van der Waals surface area contributed by atoms with Crippen molar-refractivity contribution in [2.45, 2.75) is 0 Å². The number of pyridine rings is 1. The van der Waals surface area contributed by atoms with E-state index < -0.39 is 0 Å². The molecular formula is C9H11Cl2N3. The Morgan fingerprint density at radius 2 is 1.93 bits per heavy atom. The van der Waals surface area contributed by atoms with Gasteiger partial charge in [0.25, 0.3) is 0 Å². The molecule has 0 amide bonds. The van der Waals surface area contributed by atoms with Crippen LogP contribution in [0, 0.1) is 0 Å². The first-order valence-corrected chi connectivity index (χ1v) is 5.29. The van der Waals surface area contributed by atoms with Gasteiger partial charge in [-0.3, -0.25) is 0 Å². The SMILES string of the molecule is Clc1cnc(N2CCNCC2)cc1Cl. The fourth-order valence-electron chi connectivity index (χ4n) is 1.47. The molecule has 0 bridgehead atoms. The molecule has 0 aliphatic carbocycles. The van der Waals surface area contributed by atoms with E-state index in [0.717, 1.165) is 32.0 Å². The number of piperazine rings is 1. The molecule has 76 valence electrons. The minimum Gasteiger partial charge on any atom is -0.354 e. The van der Waals surface area contributed by atoms with Gasteiger partial charge in [-0.15, -0.1) is 0 Å². The van der Waals surface area contributed by atoms with E-state index in [4.69, 9.17) is 23.2 Å². The highest BCUT2D eigenvalue weighted by molar-refractivity contribution is 6.42. The summed E-state index contributed by atoms with van der Waals surface area (Å²) >= 11 is 11.7. The lowest BCUT2D eigenvalue weighted by molar-refractivity contribution is 0.585. The van der Waals surface area contributed by atoms with Crippen LogP contribution in [0.4, 0.5) is 5.82 Å². The van der Waals surface area contributed by atoms with E-state index in [1.165, 1.54) is 0 Å². The quantitative estimate of drug-likeness (QED) is 0.800. The van der Waals surface area contributed by atoms with E-state index in [-0.39, 0.29) is 0 Å². The van der Waals surface area contributed by atoms with Gasteiger partial charge < -0.3 is 10.2 Å². The van der Waals surface area contributed by atoms with E-state index in [0.29, 0.717) is 10.0 Å². The van der Waals surface area contributed by atoms with Crippen molar-refractivity contribution in [3.05, 3.63) is 22.3 Å². The average molecular weight is 232 g/mol. The summed E-state index contributed by atoms with van der Waals surface area (Å²) < 4.78 is 0. The normalized spacial score (nSPS) is 17.1. The second kappa shape index (κ2) is 4.34. The van der Waals surface area contributed by atoms with Crippen LogP contribution in [0.15, 0.2) is 12.3 Å². The van der Waals surface area contributed by atoms with E-state index in [1.807, 2.05) is 6.07 Å². The monoisotopic (exact) mass is 231 g/mol. The molecule has 1 aromatic rings. The lowest BCUT2D eigenvalue weighted by Crippen LogP contribution is -2.43. The largest absolute Gasteiger partial charge is 0.354 e. The zero-order valence-corrected chi connectivity index (χ0v) is 9.15. The number of aromatic nitrogens is 1. The molecule has 0 saturated carbocycles. The molecule has 1 N–H and O–H groups in total. The van der Waals surface area contributed by atoms with Crippen molar-refractivity contribution in [2.24, 2.45) is 0 Å². The molecule has 0 unspecified atom stereocenters. The number of nitrogens with zero attached hydrogens (tertiary/aromatic N) is 2. The van der Waals surface area contributed by atoms with Crippen molar-refractivity contribution < 1.29 is 0 Å². The maximum atomic E-state index is 5.92. The summed E-state index contributed by atoms with van der Waals surface area (Å²) in [5.74, 6) is 0.904. The molecule has 0 radical (unpaired) electrons. The molecule has 1 aromatic heterocycles. The van der Waals surface area contributed by atoms with Gasteiger partial charge in [0.2, 0.25) is 0 Å².